The third-order valence-corrected chi connectivity index (χ3v) is 4.51. The van der Waals surface area contributed by atoms with Gasteiger partial charge in [-0.05, 0) is 0 Å². The lowest BCUT2D eigenvalue weighted by Gasteiger charge is -1.86. The summed E-state index contributed by atoms with van der Waals surface area (Å²) in [6.07, 6.45) is 0. The van der Waals surface area contributed by atoms with Crippen LogP contribution in [0, 0.1) is 0 Å². The van der Waals surface area contributed by atoms with Crippen molar-refractivity contribution in [3.63, 3.8) is 0 Å². The Morgan fingerprint density at radius 1 is 1.29 bits per heavy atom. The molecule has 0 aliphatic carbocycles. The highest BCUT2D eigenvalue weighted by molar-refractivity contribution is 7.06. The lowest BCUT2D eigenvalue weighted by Crippen LogP contribution is -1.95. The monoisotopic (exact) mass is 150 g/mol. The van der Waals surface area contributed by atoms with Crippen LogP contribution in [0.4, 0.5) is 0 Å². The van der Waals surface area contributed by atoms with Crippen LogP contribution in [0.15, 0.2) is 0 Å². The lowest BCUT2D eigenvalue weighted by molar-refractivity contribution is 1.35. The fourth-order valence-corrected chi connectivity index (χ4v) is 0.866. The molecule has 0 fully saturated rings. The minimum absolute atomic E-state index is 0. The summed E-state index contributed by atoms with van der Waals surface area (Å²) >= 11 is -0.688. The maximum Gasteiger partial charge on any atom is 0.399 e. The first kappa shape index (κ1) is 11.2. The summed E-state index contributed by atoms with van der Waals surface area (Å²) in [6, 6.07) is 0. The third kappa shape index (κ3) is 7.35. The average Bonchev–Trinajstić information content (AvgIpc) is 1.65. The highest BCUT2D eigenvalue weighted by atomic mass is 35.6. The summed E-state index contributed by atoms with van der Waals surface area (Å²) in [7, 11) is 5.79. The zero-order chi connectivity index (χ0) is 4.99. The van der Waals surface area contributed by atoms with E-state index in [4.69, 9.17) is 10.0 Å². The molecule has 0 rings (SSSR count). The van der Waals surface area contributed by atoms with E-state index in [0.717, 1.165) is 0 Å². The first-order chi connectivity index (χ1) is 2.81. The van der Waals surface area contributed by atoms with Crippen LogP contribution in [-0.4, -0.2) is 30.6 Å². The first-order valence-corrected chi connectivity index (χ1v) is 5.83. The van der Waals surface area contributed by atoms with Crippen molar-refractivity contribution < 1.29 is 0 Å². The minimum Gasteiger partial charge on any atom is -0.261 e. The summed E-state index contributed by atoms with van der Waals surface area (Å²) in [5.41, 5.74) is 0. The van der Waals surface area contributed by atoms with E-state index in [-0.39, 0.29) is 17.4 Å². The number of hydrogen-bond acceptors (Lipinski definition) is 0. The molecule has 0 N–H and O–H groups in total. The van der Waals surface area contributed by atoms with Gasteiger partial charge < -0.3 is 0 Å². The van der Waals surface area contributed by atoms with Crippen molar-refractivity contribution in [2.45, 2.75) is 24.4 Å². The second kappa shape index (κ2) is 7.35. The Kier molecular flexibility index (Phi) is 11.8. The molecule has 0 atom stereocenters. The minimum atomic E-state index is -0.688. The van der Waals surface area contributed by atoms with Crippen LogP contribution in [0.2, 0.25) is 10.6 Å². The first-order valence-electron chi connectivity index (χ1n) is 2.45. The van der Waals surface area contributed by atoms with Gasteiger partial charge in [0.2, 0.25) is 0 Å². The highest BCUT2D eigenvalue weighted by Crippen LogP contribution is 2.00. The third-order valence-electron chi connectivity index (χ3n) is 0.886. The fourth-order valence-electron chi connectivity index (χ4n) is 0.289. The van der Waals surface area contributed by atoms with E-state index in [1.54, 1.807) is 0 Å². The molecular weight excluding hydrogens is 137 g/mol. The van der Waals surface area contributed by atoms with Crippen molar-refractivity contribution in [3.05, 3.63) is 0 Å². The van der Waals surface area contributed by atoms with Crippen molar-refractivity contribution in [2.75, 3.05) is 0 Å². The summed E-state index contributed by atoms with van der Waals surface area (Å²) < 4.78 is 0. The Bertz CT molecular complexity index is 28.9. The Balaban J connectivity index is 0. The molecule has 0 aromatic heterocycles. The smallest absolute Gasteiger partial charge is 0.261 e. The van der Waals surface area contributed by atoms with Crippen LogP contribution in [-0.2, 0) is 0 Å². The molecule has 0 unspecified atom stereocenters. The molecule has 0 saturated heterocycles. The van der Waals surface area contributed by atoms with Crippen LogP contribution in [0.25, 0.3) is 0 Å². The molecule has 0 aromatic rings. The van der Waals surface area contributed by atoms with Crippen LogP contribution in [0.5, 0.6) is 0 Å². The van der Waals surface area contributed by atoms with Gasteiger partial charge in [-0.3, -0.25) is 10.0 Å². The fraction of sp³-hybridized carbons (Fsp3) is 1.00. The van der Waals surface area contributed by atoms with E-state index < -0.39 is 13.2 Å². The normalized spacial score (nSPS) is 7.29. The summed E-state index contributed by atoms with van der Waals surface area (Å²) in [6.45, 7) is 4.32. The molecule has 0 radical (unpaired) electrons. The molecule has 0 nitrogen and oxygen atoms in total. The van der Waals surface area contributed by atoms with Crippen LogP contribution < -0.4 is 0 Å². The van der Waals surface area contributed by atoms with Crippen LogP contribution in [0.3, 0.4) is 0 Å². The molecule has 42 valence electrons. The molecule has 0 amide bonds. The van der Waals surface area contributed by atoms with Crippen LogP contribution >= 0.6 is 10.0 Å². The second-order valence-corrected chi connectivity index (χ2v) is 6.09. The van der Waals surface area contributed by atoms with E-state index in [1.165, 1.54) is 10.6 Å². The molecule has 0 heterocycles. The predicted octanol–water partition coefficient (Wildman–Crippen LogP) is 1.07. The molecule has 0 spiro atoms. The maximum absolute atomic E-state index is 5.79. The number of halogens is 1. The largest absolute Gasteiger partial charge is 0.399 e. The van der Waals surface area contributed by atoms with Gasteiger partial charge in [0, 0.05) is 0 Å². The molecule has 0 saturated carbocycles. The molecule has 0 aliphatic rings. The molecule has 0 bridgehead atoms. The van der Waals surface area contributed by atoms with Gasteiger partial charge in [-0.15, -0.1) is 0 Å². The molecule has 0 aliphatic heterocycles. The standard InChI is InChI=1S/2C2H5.2Al.ClH.3H/c2*1-2;;;;;;/h2*1H2,2H3;;;1H;;;/q;;;+1;;;;/p-1. The van der Waals surface area contributed by atoms with Crippen molar-refractivity contribution in [1.82, 2.24) is 0 Å². The Morgan fingerprint density at radius 2 is 1.57 bits per heavy atom. The number of rotatable bonds is 2. The average molecular weight is 151 g/mol. The highest BCUT2D eigenvalue weighted by Gasteiger charge is 2.04. The summed E-state index contributed by atoms with van der Waals surface area (Å²) in [4.78, 5) is 0. The van der Waals surface area contributed by atoms with Gasteiger partial charge in [0.25, 0.3) is 0 Å². The molecule has 3 heteroatoms. The Hall–Kier alpha value is 1.35. The molecular formula is C4H13Al2Cl. The van der Waals surface area contributed by atoms with Gasteiger partial charge in [0.05, 0.1) is 0 Å². The van der Waals surface area contributed by atoms with Gasteiger partial charge in [-0.2, -0.15) is 0 Å². The quantitative estimate of drug-likeness (QED) is 0.517. The van der Waals surface area contributed by atoms with Gasteiger partial charge >= 0.3 is 13.2 Å². The van der Waals surface area contributed by atoms with E-state index in [1.807, 2.05) is 0 Å². The van der Waals surface area contributed by atoms with Crippen LogP contribution in [0.1, 0.15) is 13.8 Å². The van der Waals surface area contributed by atoms with Gasteiger partial charge in [0.15, 0.2) is 17.4 Å². The summed E-state index contributed by atoms with van der Waals surface area (Å²) in [5.74, 6) is 0. The van der Waals surface area contributed by atoms with E-state index >= 15 is 0 Å². The van der Waals surface area contributed by atoms with Crippen molar-refractivity contribution >= 4 is 40.6 Å². The zero-order valence-corrected chi connectivity index (χ0v) is 6.28. The lowest BCUT2D eigenvalue weighted by atomic mass is 10.9. The van der Waals surface area contributed by atoms with Gasteiger partial charge in [-0.1, -0.05) is 24.4 Å². The summed E-state index contributed by atoms with van der Waals surface area (Å²) in [5, 5.41) is 2.47. The van der Waals surface area contributed by atoms with E-state index in [2.05, 4.69) is 13.8 Å². The van der Waals surface area contributed by atoms with E-state index in [0.29, 0.717) is 0 Å². The number of hydrogen-bond donors (Lipinski definition) is 0. The maximum atomic E-state index is 5.79. The van der Waals surface area contributed by atoms with Gasteiger partial charge in [-0.25, -0.2) is 0 Å². The SMILES string of the molecule is C[CH2][Al]([Cl])[CH2]C.[AlH3]. The Labute approximate surface area is 65.0 Å². The van der Waals surface area contributed by atoms with Crippen molar-refractivity contribution in [3.8, 4) is 0 Å². The Morgan fingerprint density at radius 3 is 1.57 bits per heavy atom. The van der Waals surface area contributed by atoms with Gasteiger partial charge in [0.1, 0.15) is 0 Å². The predicted molar refractivity (Wildman–Crippen MR) is 42.5 cm³/mol. The van der Waals surface area contributed by atoms with E-state index in [9.17, 15) is 0 Å². The van der Waals surface area contributed by atoms with Crippen molar-refractivity contribution in [2.24, 2.45) is 0 Å². The van der Waals surface area contributed by atoms with Crippen molar-refractivity contribution in [1.29, 1.82) is 0 Å². The molecule has 0 aromatic carbocycles. The second-order valence-electron chi connectivity index (χ2n) is 1.41. The zero-order valence-electron chi connectivity index (χ0n) is 4.37. The topological polar surface area (TPSA) is 0 Å². The molecule has 7 heavy (non-hydrogen) atoms.